The van der Waals surface area contributed by atoms with Gasteiger partial charge in [-0.05, 0) is 0 Å². The van der Waals surface area contributed by atoms with E-state index in [1.165, 1.54) is 12.0 Å². The van der Waals surface area contributed by atoms with Gasteiger partial charge in [0, 0.05) is 0 Å². The molecule has 2 aromatic rings. The van der Waals surface area contributed by atoms with Gasteiger partial charge < -0.3 is 0 Å². The molecule has 3 atom stereocenters. The van der Waals surface area contributed by atoms with Crippen molar-refractivity contribution in [2.45, 2.75) is 37.8 Å². The third-order valence-electron chi connectivity index (χ3n) is 4.61. The second kappa shape index (κ2) is 7.92. The van der Waals surface area contributed by atoms with Gasteiger partial charge in [0.15, 0.2) is 0 Å². The van der Waals surface area contributed by atoms with Crippen LogP contribution in [0.3, 0.4) is 0 Å². The van der Waals surface area contributed by atoms with Gasteiger partial charge >= 0.3 is 146 Å². The van der Waals surface area contributed by atoms with Crippen molar-refractivity contribution in [1.29, 1.82) is 0 Å². The predicted molar refractivity (Wildman–Crippen MR) is 95.9 cm³/mol. The van der Waals surface area contributed by atoms with Gasteiger partial charge in [-0.3, -0.25) is 0 Å². The molecule has 0 aliphatic heterocycles. The maximum absolute atomic E-state index is 10.5. The molecule has 0 heterocycles. The minimum absolute atomic E-state index is 0.00274. The number of nitrogens with zero attached hydrogens (tertiary/aromatic N) is 1. The molecular formula is C20H22NOSe. The third kappa shape index (κ3) is 4.11. The zero-order valence-corrected chi connectivity index (χ0v) is 14.8. The second-order valence-electron chi connectivity index (χ2n) is 6.17. The van der Waals surface area contributed by atoms with Crippen molar-refractivity contribution < 1.29 is 5.11 Å². The van der Waals surface area contributed by atoms with Crippen LogP contribution in [-0.4, -0.2) is 31.8 Å². The van der Waals surface area contributed by atoms with E-state index in [-0.39, 0.29) is 18.1 Å². The van der Waals surface area contributed by atoms with Gasteiger partial charge in [-0.25, -0.2) is 0 Å². The molecule has 0 spiro atoms. The summed E-state index contributed by atoms with van der Waals surface area (Å²) in [6.07, 6.45) is 3.95. The molecule has 1 saturated carbocycles. The summed E-state index contributed by atoms with van der Waals surface area (Å²) >= 11 is 3.12. The third-order valence-corrected chi connectivity index (χ3v) is 5.32. The topological polar surface area (TPSA) is 32.6 Å². The molecule has 0 bridgehead atoms. The molecule has 0 aromatic heterocycles. The van der Waals surface area contributed by atoms with Gasteiger partial charge in [-0.2, -0.15) is 0 Å². The molecular weight excluding hydrogens is 349 g/mol. The number of aliphatic hydroxyl groups is 1. The Hall–Kier alpha value is -1.41. The summed E-state index contributed by atoms with van der Waals surface area (Å²) < 4.78 is 0.914. The molecule has 0 amide bonds. The van der Waals surface area contributed by atoms with Crippen LogP contribution in [0, 0.1) is 5.92 Å². The Morgan fingerprint density at radius 1 is 0.957 bits per heavy atom. The van der Waals surface area contributed by atoms with Crippen molar-refractivity contribution in [1.82, 2.24) is 0 Å². The Labute approximate surface area is 146 Å². The summed E-state index contributed by atoms with van der Waals surface area (Å²) in [5.41, 5.74) is 2.28. The van der Waals surface area contributed by atoms with Gasteiger partial charge in [-0.1, -0.05) is 0 Å². The molecule has 23 heavy (non-hydrogen) atoms. The zero-order chi connectivity index (χ0) is 16.1. The normalized spacial score (nSPS) is 23.4. The molecule has 3 unspecified atom stereocenters. The fourth-order valence-electron chi connectivity index (χ4n) is 3.36. The standard InChI is InChI=1S/C20H22NOSe/c22-18-14-8-7-13-17(18)19(15-9-3-1-4-10-15)21-20(23)16-11-5-2-6-12-16/h1-6,9-12,17-19,22H,7-8,13-14H2. The summed E-state index contributed by atoms with van der Waals surface area (Å²) in [4.78, 5) is 4.99. The van der Waals surface area contributed by atoms with Gasteiger partial charge in [-0.15, -0.1) is 0 Å². The first kappa shape index (κ1) is 16.4. The molecule has 1 aliphatic rings. The van der Waals surface area contributed by atoms with E-state index in [1.54, 1.807) is 0 Å². The van der Waals surface area contributed by atoms with Crippen LogP contribution in [0.4, 0.5) is 0 Å². The molecule has 1 radical (unpaired) electrons. The van der Waals surface area contributed by atoms with Crippen molar-refractivity contribution in [3.8, 4) is 0 Å². The molecule has 3 heteroatoms. The first-order chi connectivity index (χ1) is 11.3. The molecule has 119 valence electrons. The number of hydrogen-bond donors (Lipinski definition) is 1. The summed E-state index contributed by atoms with van der Waals surface area (Å²) in [7, 11) is 0. The predicted octanol–water partition coefficient (Wildman–Crippen LogP) is 3.89. The second-order valence-corrected chi connectivity index (χ2v) is 6.98. The van der Waals surface area contributed by atoms with Crippen LogP contribution in [0.1, 0.15) is 42.9 Å². The van der Waals surface area contributed by atoms with Gasteiger partial charge in [0.25, 0.3) is 0 Å². The van der Waals surface area contributed by atoms with Crippen LogP contribution < -0.4 is 0 Å². The van der Waals surface area contributed by atoms with E-state index >= 15 is 0 Å². The Morgan fingerprint density at radius 3 is 2.22 bits per heavy atom. The number of aliphatic hydroxyl groups excluding tert-OH is 1. The van der Waals surface area contributed by atoms with E-state index in [0.29, 0.717) is 0 Å². The quantitative estimate of drug-likeness (QED) is 0.642. The van der Waals surface area contributed by atoms with Gasteiger partial charge in [0.05, 0.1) is 0 Å². The summed E-state index contributed by atoms with van der Waals surface area (Å²) in [6, 6.07) is 20.6. The number of hydrogen-bond acceptors (Lipinski definition) is 2. The zero-order valence-electron chi connectivity index (χ0n) is 13.1. The van der Waals surface area contributed by atoms with Gasteiger partial charge in [0.1, 0.15) is 0 Å². The fourth-order valence-corrected chi connectivity index (χ4v) is 3.88. The van der Waals surface area contributed by atoms with E-state index in [2.05, 4.69) is 52.4 Å². The van der Waals surface area contributed by atoms with Crippen LogP contribution in [0.15, 0.2) is 65.7 Å². The van der Waals surface area contributed by atoms with Crippen LogP contribution in [0.25, 0.3) is 0 Å². The van der Waals surface area contributed by atoms with Crippen LogP contribution in [0.2, 0.25) is 0 Å². The molecule has 0 saturated heterocycles. The van der Waals surface area contributed by atoms with Crippen LogP contribution >= 0.6 is 0 Å². The van der Waals surface area contributed by atoms with Crippen LogP contribution in [-0.2, 0) is 0 Å². The fraction of sp³-hybridized carbons (Fsp3) is 0.350. The molecule has 2 aromatic carbocycles. The maximum atomic E-state index is 10.5. The monoisotopic (exact) mass is 372 g/mol. The average molecular weight is 371 g/mol. The molecule has 3 rings (SSSR count). The van der Waals surface area contributed by atoms with E-state index in [4.69, 9.17) is 4.99 Å². The Morgan fingerprint density at radius 2 is 1.57 bits per heavy atom. The van der Waals surface area contributed by atoms with E-state index in [0.717, 1.165) is 29.4 Å². The Kier molecular flexibility index (Phi) is 5.66. The van der Waals surface area contributed by atoms with Gasteiger partial charge in [0.2, 0.25) is 0 Å². The number of benzene rings is 2. The average Bonchev–Trinajstić information content (AvgIpc) is 2.62. The van der Waals surface area contributed by atoms with Crippen LogP contribution in [0.5, 0.6) is 0 Å². The van der Waals surface area contributed by atoms with E-state index in [9.17, 15) is 5.11 Å². The van der Waals surface area contributed by atoms with E-state index in [1.807, 2.05) is 24.3 Å². The van der Waals surface area contributed by atoms with Crippen molar-refractivity contribution >= 4 is 20.6 Å². The van der Waals surface area contributed by atoms with Crippen molar-refractivity contribution in [2.75, 3.05) is 0 Å². The van der Waals surface area contributed by atoms with Crippen molar-refractivity contribution in [2.24, 2.45) is 10.9 Å². The summed E-state index contributed by atoms with van der Waals surface area (Å²) in [5.74, 6) is 0.193. The first-order valence-electron chi connectivity index (χ1n) is 8.29. The summed E-state index contributed by atoms with van der Waals surface area (Å²) in [6.45, 7) is 0. The Bertz CT molecular complexity index is 641. The van der Waals surface area contributed by atoms with E-state index < -0.39 is 0 Å². The first-order valence-corrected chi connectivity index (χ1v) is 9.14. The molecule has 1 N–H and O–H groups in total. The molecule has 1 aliphatic carbocycles. The molecule has 2 nitrogen and oxygen atoms in total. The molecule has 1 fully saturated rings. The SMILES string of the molecule is OC1CCCCC1C(N=C([Se])c1ccccc1)c1ccccc1. The van der Waals surface area contributed by atoms with Crippen molar-refractivity contribution in [3.05, 3.63) is 71.8 Å². The minimum atomic E-state index is -0.263. The number of rotatable bonds is 4. The summed E-state index contributed by atoms with van der Waals surface area (Å²) in [5, 5.41) is 10.5. The Balaban J connectivity index is 1.95. The number of aliphatic imine (C=N–C) groups is 1. The van der Waals surface area contributed by atoms with Crippen molar-refractivity contribution in [3.63, 3.8) is 0 Å².